The number of benzene rings is 3. The zero-order valence-corrected chi connectivity index (χ0v) is 29.4. The number of rotatable bonds is 4. The number of alkyl halides is 6. The number of hydrogen-bond acceptors (Lipinski definition) is 6. The minimum absolute atomic E-state index is 0.153. The first-order chi connectivity index (χ1) is 25.2. The lowest BCUT2D eigenvalue weighted by Crippen LogP contribution is -2.08. The molecule has 0 saturated heterocycles. The van der Waals surface area contributed by atoms with Gasteiger partial charge in [-0.1, -0.05) is 12.1 Å². The Morgan fingerprint density at radius 3 is 1.04 bits per heavy atom. The van der Waals surface area contributed by atoms with Crippen molar-refractivity contribution in [2.24, 2.45) is 0 Å². The molecule has 0 N–H and O–H groups in total. The van der Waals surface area contributed by atoms with Crippen LogP contribution in [-0.2, 0) is 12.4 Å². The second kappa shape index (κ2) is 13.0. The highest BCUT2D eigenvalue weighted by molar-refractivity contribution is 14.1. The number of fused-ring (bicyclic) bond motifs is 2. The Balaban J connectivity index is 1.66. The molecule has 4 heterocycles. The highest BCUT2D eigenvalue weighted by atomic mass is 127. The maximum atomic E-state index is 15.2. The summed E-state index contributed by atoms with van der Waals surface area (Å²) in [5.74, 6) is -17.8. The van der Waals surface area contributed by atoms with E-state index in [4.69, 9.17) is 8.83 Å². The molecule has 54 heavy (non-hydrogen) atoms. The van der Waals surface area contributed by atoms with Crippen LogP contribution in [0.15, 0.2) is 45.2 Å². The van der Waals surface area contributed by atoms with E-state index in [1.54, 1.807) is 0 Å². The lowest BCUT2D eigenvalue weighted by Gasteiger charge is -2.18. The minimum Gasteiger partial charge on any atom is -0.431 e. The number of pyridine rings is 2. The van der Waals surface area contributed by atoms with Gasteiger partial charge in [-0.2, -0.15) is 53.9 Å². The maximum absolute atomic E-state index is 15.2. The third kappa shape index (κ3) is 6.09. The summed E-state index contributed by atoms with van der Waals surface area (Å²) in [4.78, 5) is 13.1. The number of nitrogens with zero attached hydrogens (tertiary/aromatic N) is 4. The van der Waals surface area contributed by atoms with Crippen LogP contribution in [0.1, 0.15) is 11.1 Å². The molecule has 4 aromatic heterocycles. The van der Waals surface area contributed by atoms with Crippen molar-refractivity contribution in [1.82, 2.24) is 19.9 Å². The predicted molar refractivity (Wildman–Crippen MR) is 174 cm³/mol. The van der Waals surface area contributed by atoms with Crippen LogP contribution in [0.3, 0.4) is 0 Å². The molecule has 278 valence electrons. The van der Waals surface area contributed by atoms with E-state index in [-0.39, 0.29) is 19.9 Å². The average molecular weight is 998 g/mol. The van der Waals surface area contributed by atoms with Crippen molar-refractivity contribution in [3.8, 4) is 44.5 Å². The van der Waals surface area contributed by atoms with Gasteiger partial charge in [-0.3, -0.25) is 0 Å². The molecule has 0 fully saturated rings. The van der Waals surface area contributed by atoms with Gasteiger partial charge >= 0.3 is 12.4 Å². The molecule has 7 aromatic rings. The van der Waals surface area contributed by atoms with E-state index in [0.29, 0.717) is 24.3 Å². The van der Waals surface area contributed by atoms with E-state index in [1.165, 1.54) is 45.2 Å². The average Bonchev–Trinajstić information content (AvgIpc) is 3.66. The zero-order valence-electron chi connectivity index (χ0n) is 25.1. The Morgan fingerprint density at radius 1 is 0.426 bits per heavy atom. The van der Waals surface area contributed by atoms with Crippen molar-refractivity contribution in [1.29, 1.82) is 0 Å². The van der Waals surface area contributed by atoms with Gasteiger partial charge in [0.25, 0.3) is 31.6 Å². The minimum atomic E-state index is -5.20. The zero-order chi connectivity index (χ0) is 39.3. The fourth-order valence-corrected chi connectivity index (χ4v) is 6.64. The van der Waals surface area contributed by atoms with Crippen molar-refractivity contribution in [3.63, 3.8) is 0 Å². The third-order valence-electron chi connectivity index (χ3n) is 7.90. The van der Waals surface area contributed by atoms with Gasteiger partial charge in [0.1, 0.15) is 11.0 Å². The molecule has 0 bridgehead atoms. The molecule has 6 nitrogen and oxygen atoms in total. The van der Waals surface area contributed by atoms with Crippen LogP contribution in [0, 0.1) is 54.9 Å². The highest BCUT2D eigenvalue weighted by Crippen LogP contribution is 2.51. The fraction of sp³-hybridized carbons (Fsp3) is 0.0625. The van der Waals surface area contributed by atoms with Gasteiger partial charge < -0.3 is 8.83 Å². The summed E-state index contributed by atoms with van der Waals surface area (Å²) in [6.45, 7) is 0. The Labute approximate surface area is 315 Å². The summed E-state index contributed by atoms with van der Waals surface area (Å²) in [7, 11) is 0. The first-order valence-corrected chi connectivity index (χ1v) is 16.3. The van der Waals surface area contributed by atoms with Crippen LogP contribution >= 0.6 is 45.2 Å². The summed E-state index contributed by atoms with van der Waals surface area (Å²) in [6, 6.07) is 2.42. The van der Waals surface area contributed by atoms with E-state index in [0.717, 1.165) is 0 Å². The molecular formula is C32H6F14I2N4O2. The van der Waals surface area contributed by atoms with Crippen molar-refractivity contribution in [2.75, 3.05) is 0 Å². The van der Waals surface area contributed by atoms with Gasteiger partial charge in [0.2, 0.25) is 0 Å². The summed E-state index contributed by atoms with van der Waals surface area (Å²) < 4.78 is 213. The van der Waals surface area contributed by atoms with Crippen molar-refractivity contribution >= 4 is 67.4 Å². The number of hydrogen-bond donors (Lipinski definition) is 0. The molecule has 0 spiro atoms. The van der Waals surface area contributed by atoms with Gasteiger partial charge in [0.05, 0.1) is 33.4 Å². The van der Waals surface area contributed by atoms with E-state index >= 15 is 17.6 Å². The molecule has 0 aliphatic heterocycles. The third-order valence-corrected chi connectivity index (χ3v) is 8.82. The topological polar surface area (TPSA) is 77.8 Å². The fourth-order valence-electron chi connectivity index (χ4n) is 5.72. The number of oxazole rings is 2. The molecule has 0 aliphatic rings. The summed E-state index contributed by atoms with van der Waals surface area (Å²) in [5, 5.41) is 0. The van der Waals surface area contributed by atoms with E-state index in [1.807, 2.05) is 0 Å². The first-order valence-electron chi connectivity index (χ1n) is 14.1. The first kappa shape index (κ1) is 37.7. The molecule has 0 radical (unpaired) electrons. The molecule has 0 unspecified atom stereocenters. The normalized spacial score (nSPS) is 12.4. The second-order valence-electron chi connectivity index (χ2n) is 10.9. The van der Waals surface area contributed by atoms with Crippen LogP contribution < -0.4 is 0 Å². The molecular weight excluding hydrogens is 992 g/mol. The van der Waals surface area contributed by atoms with Crippen molar-refractivity contribution in [2.45, 2.75) is 12.4 Å². The van der Waals surface area contributed by atoms with Crippen LogP contribution in [-0.4, -0.2) is 19.9 Å². The van der Waals surface area contributed by atoms with Gasteiger partial charge in [0, 0.05) is 45.2 Å². The molecule has 22 heteroatoms. The molecule has 0 atom stereocenters. The van der Waals surface area contributed by atoms with E-state index in [9.17, 15) is 43.9 Å². The molecule has 0 amide bonds. The van der Waals surface area contributed by atoms with Crippen LogP contribution in [0.2, 0.25) is 0 Å². The monoisotopic (exact) mass is 998 g/mol. The van der Waals surface area contributed by atoms with Crippen LogP contribution in [0.4, 0.5) is 61.5 Å². The van der Waals surface area contributed by atoms with E-state index < -0.39 is 137 Å². The second-order valence-corrected chi connectivity index (χ2v) is 12.8. The van der Waals surface area contributed by atoms with Crippen LogP contribution in [0.5, 0.6) is 0 Å². The summed E-state index contributed by atoms with van der Waals surface area (Å²) >= 11 is 2.93. The van der Waals surface area contributed by atoms with Crippen molar-refractivity contribution in [3.05, 3.63) is 102 Å². The van der Waals surface area contributed by atoms with Gasteiger partial charge in [0.15, 0.2) is 34.4 Å². The molecule has 7 rings (SSSR count). The molecule has 3 aromatic carbocycles. The largest absolute Gasteiger partial charge is 0.431 e. The maximum Gasteiger partial charge on any atom is 0.416 e. The summed E-state index contributed by atoms with van der Waals surface area (Å²) in [6.07, 6.45) is -10.4. The smallest absolute Gasteiger partial charge is 0.416 e. The predicted octanol–water partition coefficient (Wildman–Crippen LogP) is 11.8. The van der Waals surface area contributed by atoms with Gasteiger partial charge in [-0.25, -0.2) is 27.5 Å². The number of aromatic nitrogens is 4. The Kier molecular flexibility index (Phi) is 9.08. The van der Waals surface area contributed by atoms with Crippen molar-refractivity contribution < 1.29 is 70.3 Å². The Morgan fingerprint density at radius 2 is 0.741 bits per heavy atom. The lowest BCUT2D eigenvalue weighted by atomic mass is 9.87. The Bertz CT molecular complexity index is 2440. The quantitative estimate of drug-likeness (QED) is 0.0993. The lowest BCUT2D eigenvalue weighted by molar-refractivity contribution is -0.138. The van der Waals surface area contributed by atoms with E-state index in [2.05, 4.69) is 19.9 Å². The standard InChI is InChI=1S/C32H6F14I2N4O2/c33-17-13(18(34)26(38)51-25(17)37)11-5-7(31(41,42)43)1-3-9(11)15-21-24(54-29(47)49-21)16(22-23(15)53-30(48)50-22)10-4-2-8(32(44,45)46)6-12(10)14-19(35)27(39)52-28(40)20(14)36/h1-6H. The van der Waals surface area contributed by atoms with Gasteiger partial charge in [-0.05, 0) is 46.5 Å². The summed E-state index contributed by atoms with van der Waals surface area (Å²) in [5.41, 5.74) is -13.3. The molecule has 0 aliphatic carbocycles. The van der Waals surface area contributed by atoms with Crippen LogP contribution in [0.25, 0.3) is 66.7 Å². The highest BCUT2D eigenvalue weighted by Gasteiger charge is 2.37. The Hall–Kier alpha value is -4.62. The molecule has 0 saturated carbocycles. The van der Waals surface area contributed by atoms with Gasteiger partial charge in [-0.15, -0.1) is 0 Å². The number of halogens is 16. The SMILES string of the molecule is Fc1nc(F)c(F)c(-c2cc(C(F)(F)F)ccc2-c2c3nc(I)oc3c(-c3ccc(C(F)(F)F)cc3-c3c(F)c(F)nc(F)c3F)c3nc(I)oc23)c1F.